The predicted octanol–water partition coefficient (Wildman–Crippen LogP) is 2.16. The van der Waals surface area contributed by atoms with Gasteiger partial charge >= 0.3 is 7.12 Å². The first kappa shape index (κ1) is 14.9. The van der Waals surface area contributed by atoms with Crippen LogP contribution < -0.4 is 10.2 Å². The Bertz CT molecular complexity index is 528. The Morgan fingerprint density at radius 1 is 1.14 bits per heavy atom. The molecule has 0 aromatic heterocycles. The summed E-state index contributed by atoms with van der Waals surface area (Å²) in [5, 5.41) is 0. The minimum Gasteiger partial charge on any atom is -0.478 e. The highest BCUT2D eigenvalue weighted by atomic mass is 16.7. The molecule has 1 fully saturated rings. The molecule has 0 bridgehead atoms. The van der Waals surface area contributed by atoms with Crippen LogP contribution in [0.5, 0.6) is 5.75 Å². The van der Waals surface area contributed by atoms with Crippen LogP contribution in [-0.4, -0.2) is 36.5 Å². The maximum absolute atomic E-state index is 6.12. The highest BCUT2D eigenvalue weighted by Crippen LogP contribution is 2.36. The summed E-state index contributed by atoms with van der Waals surface area (Å²) in [5.41, 5.74) is 1.66. The summed E-state index contributed by atoms with van der Waals surface area (Å²) in [6, 6.07) is 6.23. The molecule has 3 rings (SSSR count). The molecule has 0 atom stereocenters. The quantitative estimate of drug-likeness (QED) is 0.781. The lowest BCUT2D eigenvalue weighted by Gasteiger charge is -2.32. The van der Waals surface area contributed by atoms with Gasteiger partial charge in [0.25, 0.3) is 0 Å². The van der Waals surface area contributed by atoms with E-state index in [-0.39, 0.29) is 18.3 Å². The molecule has 0 saturated carbocycles. The first-order chi connectivity index (χ1) is 9.82. The monoisotopic (exact) mass is 289 g/mol. The summed E-state index contributed by atoms with van der Waals surface area (Å²) in [6.07, 6.45) is 0. The standard InChI is InChI=1S/C16H24BNO3/c1-6-18-10-12-9-13(7-8-14(12)19-11-18)17-20-15(2,3)16(4,5)21-17/h7-9H,6,10-11H2,1-5H3. The van der Waals surface area contributed by atoms with Crippen LogP contribution in [0.4, 0.5) is 0 Å². The van der Waals surface area contributed by atoms with E-state index in [9.17, 15) is 0 Å². The lowest BCUT2D eigenvalue weighted by atomic mass is 9.78. The Morgan fingerprint density at radius 3 is 2.43 bits per heavy atom. The van der Waals surface area contributed by atoms with Crippen LogP contribution in [0.1, 0.15) is 40.2 Å². The maximum atomic E-state index is 6.12. The van der Waals surface area contributed by atoms with Crippen molar-refractivity contribution in [3.05, 3.63) is 23.8 Å². The van der Waals surface area contributed by atoms with Gasteiger partial charge < -0.3 is 14.0 Å². The van der Waals surface area contributed by atoms with E-state index < -0.39 is 0 Å². The summed E-state index contributed by atoms with van der Waals surface area (Å²) in [5.74, 6) is 0.972. The number of benzene rings is 1. The van der Waals surface area contributed by atoms with E-state index in [4.69, 9.17) is 14.0 Å². The van der Waals surface area contributed by atoms with E-state index in [1.165, 1.54) is 5.56 Å². The first-order valence-corrected chi connectivity index (χ1v) is 7.66. The third-order valence-electron chi connectivity index (χ3n) is 4.85. The lowest BCUT2D eigenvalue weighted by molar-refractivity contribution is 0.00578. The van der Waals surface area contributed by atoms with E-state index in [0.29, 0.717) is 6.73 Å². The Balaban J connectivity index is 1.85. The van der Waals surface area contributed by atoms with Crippen LogP contribution in [0.15, 0.2) is 18.2 Å². The summed E-state index contributed by atoms with van der Waals surface area (Å²) >= 11 is 0. The van der Waals surface area contributed by atoms with Gasteiger partial charge in [-0.1, -0.05) is 19.1 Å². The molecule has 2 aliphatic rings. The number of nitrogens with zero attached hydrogens (tertiary/aromatic N) is 1. The van der Waals surface area contributed by atoms with Crippen LogP contribution in [0.25, 0.3) is 0 Å². The van der Waals surface area contributed by atoms with Gasteiger partial charge in [-0.25, -0.2) is 0 Å². The zero-order valence-corrected chi connectivity index (χ0v) is 13.6. The van der Waals surface area contributed by atoms with Crippen LogP contribution in [-0.2, 0) is 15.9 Å². The molecule has 1 aromatic rings. The van der Waals surface area contributed by atoms with Crippen molar-refractivity contribution < 1.29 is 14.0 Å². The van der Waals surface area contributed by atoms with E-state index in [1.807, 2.05) is 12.1 Å². The summed E-state index contributed by atoms with van der Waals surface area (Å²) in [7, 11) is -0.308. The smallest absolute Gasteiger partial charge is 0.478 e. The molecular formula is C16H24BNO3. The number of hydrogen-bond donors (Lipinski definition) is 0. The average molecular weight is 289 g/mol. The number of rotatable bonds is 2. The van der Waals surface area contributed by atoms with Gasteiger partial charge in [0.2, 0.25) is 0 Å². The van der Waals surface area contributed by atoms with Crippen molar-refractivity contribution in [2.24, 2.45) is 0 Å². The van der Waals surface area contributed by atoms with Gasteiger partial charge in [0, 0.05) is 12.1 Å². The van der Waals surface area contributed by atoms with E-state index in [1.54, 1.807) is 0 Å². The van der Waals surface area contributed by atoms with Crippen molar-refractivity contribution in [2.45, 2.75) is 52.4 Å². The maximum Gasteiger partial charge on any atom is 0.494 e. The van der Waals surface area contributed by atoms with Crippen molar-refractivity contribution >= 4 is 12.6 Å². The molecule has 0 unspecified atom stereocenters. The number of fused-ring (bicyclic) bond motifs is 1. The van der Waals surface area contributed by atoms with Gasteiger partial charge in [-0.05, 0) is 45.8 Å². The molecule has 21 heavy (non-hydrogen) atoms. The van der Waals surface area contributed by atoms with E-state index >= 15 is 0 Å². The molecule has 4 nitrogen and oxygen atoms in total. The highest BCUT2D eigenvalue weighted by Gasteiger charge is 2.51. The molecule has 0 radical (unpaired) electrons. The number of hydrogen-bond acceptors (Lipinski definition) is 4. The average Bonchev–Trinajstić information content (AvgIpc) is 2.66. The van der Waals surface area contributed by atoms with Crippen molar-refractivity contribution in [3.8, 4) is 5.75 Å². The zero-order valence-electron chi connectivity index (χ0n) is 13.6. The Hall–Kier alpha value is -1.04. The molecule has 2 heterocycles. The predicted molar refractivity (Wildman–Crippen MR) is 83.7 cm³/mol. The molecule has 0 N–H and O–H groups in total. The van der Waals surface area contributed by atoms with Gasteiger partial charge in [0.15, 0.2) is 0 Å². The van der Waals surface area contributed by atoms with Crippen LogP contribution in [0, 0.1) is 0 Å². The third-order valence-corrected chi connectivity index (χ3v) is 4.85. The van der Waals surface area contributed by atoms with Gasteiger partial charge in [-0.3, -0.25) is 4.90 Å². The molecule has 2 aliphatic heterocycles. The Labute approximate surface area is 127 Å². The van der Waals surface area contributed by atoms with Gasteiger partial charge in [-0.2, -0.15) is 0 Å². The van der Waals surface area contributed by atoms with Crippen LogP contribution in [0.3, 0.4) is 0 Å². The van der Waals surface area contributed by atoms with Crippen molar-refractivity contribution in [1.29, 1.82) is 0 Å². The Morgan fingerprint density at radius 2 is 1.81 bits per heavy atom. The fourth-order valence-electron chi connectivity index (χ4n) is 2.64. The number of ether oxygens (including phenoxy) is 1. The van der Waals surface area contributed by atoms with Gasteiger partial charge in [0.05, 0.1) is 11.2 Å². The van der Waals surface area contributed by atoms with E-state index in [0.717, 1.165) is 24.3 Å². The molecule has 0 amide bonds. The second kappa shape index (κ2) is 5.01. The SMILES string of the molecule is CCN1COc2ccc(B3OC(C)(C)C(C)(C)O3)cc2C1. The van der Waals surface area contributed by atoms with Crippen LogP contribution >= 0.6 is 0 Å². The van der Waals surface area contributed by atoms with Crippen molar-refractivity contribution in [1.82, 2.24) is 4.90 Å². The molecule has 1 aromatic carbocycles. The summed E-state index contributed by atoms with van der Waals surface area (Å²) in [4.78, 5) is 2.26. The second-order valence-corrected chi connectivity index (χ2v) is 6.87. The van der Waals surface area contributed by atoms with Gasteiger partial charge in [0.1, 0.15) is 12.5 Å². The van der Waals surface area contributed by atoms with Crippen molar-refractivity contribution in [2.75, 3.05) is 13.3 Å². The largest absolute Gasteiger partial charge is 0.494 e. The van der Waals surface area contributed by atoms with E-state index in [2.05, 4.69) is 45.6 Å². The molecule has 0 spiro atoms. The topological polar surface area (TPSA) is 30.9 Å². The molecule has 114 valence electrons. The van der Waals surface area contributed by atoms with Gasteiger partial charge in [-0.15, -0.1) is 0 Å². The Kier molecular flexibility index (Phi) is 3.55. The molecule has 5 heteroatoms. The molecule has 0 aliphatic carbocycles. The summed E-state index contributed by atoms with van der Waals surface area (Å²) < 4.78 is 18.0. The lowest BCUT2D eigenvalue weighted by Crippen LogP contribution is -2.41. The minimum atomic E-state index is -0.308. The van der Waals surface area contributed by atoms with Crippen LogP contribution in [0.2, 0.25) is 0 Å². The fourth-order valence-corrected chi connectivity index (χ4v) is 2.64. The fraction of sp³-hybridized carbons (Fsp3) is 0.625. The highest BCUT2D eigenvalue weighted by molar-refractivity contribution is 6.62. The second-order valence-electron chi connectivity index (χ2n) is 6.87. The minimum absolute atomic E-state index is 0.306. The molecular weight excluding hydrogens is 265 g/mol. The third kappa shape index (κ3) is 2.58. The zero-order chi connectivity index (χ0) is 15.3. The molecule has 1 saturated heterocycles. The van der Waals surface area contributed by atoms with Crippen molar-refractivity contribution in [3.63, 3.8) is 0 Å². The summed E-state index contributed by atoms with van der Waals surface area (Å²) in [6.45, 7) is 13.0. The normalized spacial score (nSPS) is 23.8. The first-order valence-electron chi connectivity index (χ1n) is 7.66.